The molecule has 0 spiro atoms. The van der Waals surface area contributed by atoms with Crippen molar-refractivity contribution < 1.29 is 14.7 Å². The van der Waals surface area contributed by atoms with Gasteiger partial charge in [0.25, 0.3) is 0 Å². The Morgan fingerprint density at radius 3 is 2.95 bits per heavy atom. The molecule has 0 radical (unpaired) electrons. The molecule has 20 heavy (non-hydrogen) atoms. The average Bonchev–Trinajstić information content (AvgIpc) is 2.96. The normalized spacial score (nSPS) is 18.8. The van der Waals surface area contributed by atoms with Crippen molar-refractivity contribution in [3.8, 4) is 0 Å². The van der Waals surface area contributed by atoms with E-state index in [4.69, 9.17) is 5.11 Å². The van der Waals surface area contributed by atoms with Crippen LogP contribution in [0, 0.1) is 0 Å². The Bertz CT molecular complexity index is 446. The number of carboxylic acid groups (broad SMARTS) is 1. The van der Waals surface area contributed by atoms with Crippen molar-refractivity contribution in [2.45, 2.75) is 38.3 Å². The maximum absolute atomic E-state index is 12.0. The highest BCUT2D eigenvalue weighted by atomic mass is 16.4. The molecule has 1 fully saturated rings. The first-order valence-electron chi connectivity index (χ1n) is 6.90. The molecule has 1 atom stereocenters. The number of carbonyl (C=O) groups excluding carboxylic acids is 1. The number of carbonyl (C=O) groups is 2. The molecule has 1 aliphatic heterocycles. The van der Waals surface area contributed by atoms with Crippen molar-refractivity contribution in [1.82, 2.24) is 20.0 Å². The fourth-order valence-electron chi connectivity index (χ4n) is 2.53. The maximum atomic E-state index is 12.0. The Morgan fingerprint density at radius 2 is 2.25 bits per heavy atom. The van der Waals surface area contributed by atoms with Crippen LogP contribution in [0.4, 0.5) is 4.79 Å². The predicted molar refractivity (Wildman–Crippen MR) is 72.2 cm³/mol. The minimum atomic E-state index is -1.02. The molecule has 0 bridgehead atoms. The lowest BCUT2D eigenvalue weighted by atomic mass is 10.00. The van der Waals surface area contributed by atoms with Gasteiger partial charge in [-0.25, -0.2) is 4.79 Å². The monoisotopic (exact) mass is 280 g/mol. The molecule has 0 aromatic carbocycles. The number of hydrogen-bond donors (Lipinski definition) is 2. The van der Waals surface area contributed by atoms with Crippen LogP contribution in [0.3, 0.4) is 0 Å². The first-order chi connectivity index (χ1) is 9.66. The number of aromatic nitrogens is 2. The molecule has 0 saturated carbocycles. The van der Waals surface area contributed by atoms with Gasteiger partial charge in [0.15, 0.2) is 0 Å². The zero-order valence-electron chi connectivity index (χ0n) is 11.4. The lowest BCUT2D eigenvalue weighted by Gasteiger charge is -2.35. The number of amides is 2. The summed E-state index contributed by atoms with van der Waals surface area (Å²) in [6.45, 7) is 1.12. The third-order valence-electron chi connectivity index (χ3n) is 3.53. The number of urea groups is 1. The van der Waals surface area contributed by atoms with E-state index in [1.165, 1.54) is 0 Å². The van der Waals surface area contributed by atoms with Crippen LogP contribution in [-0.4, -0.2) is 50.9 Å². The van der Waals surface area contributed by atoms with E-state index in [1.54, 1.807) is 11.1 Å². The van der Waals surface area contributed by atoms with Crippen LogP contribution in [0.2, 0.25) is 0 Å². The second-order valence-corrected chi connectivity index (χ2v) is 4.95. The lowest BCUT2D eigenvalue weighted by Crippen LogP contribution is -2.49. The van der Waals surface area contributed by atoms with Crippen LogP contribution < -0.4 is 5.32 Å². The summed E-state index contributed by atoms with van der Waals surface area (Å²) in [6.07, 6.45) is 7.51. The molecule has 2 heterocycles. The molecule has 0 unspecified atom stereocenters. The fourth-order valence-corrected chi connectivity index (χ4v) is 2.53. The van der Waals surface area contributed by atoms with Crippen LogP contribution in [0.1, 0.15) is 25.7 Å². The summed E-state index contributed by atoms with van der Waals surface area (Å²) in [5.74, 6) is -1.02. The predicted octanol–water partition coefficient (Wildman–Crippen LogP) is 0.922. The van der Waals surface area contributed by atoms with E-state index in [2.05, 4.69) is 10.4 Å². The highest BCUT2D eigenvalue weighted by Crippen LogP contribution is 2.20. The Labute approximate surface area is 117 Å². The van der Waals surface area contributed by atoms with Crippen LogP contribution in [0.25, 0.3) is 0 Å². The standard InChI is InChI=1S/C13H20N4O3/c18-12(19)10-14-13(20)17-8-2-1-4-11(17)5-9-16-7-3-6-15-16/h3,6-7,11H,1-2,4-5,8-10H2,(H,14,20)(H,18,19)/t11-/m0/s1. The van der Waals surface area contributed by atoms with Crippen LogP contribution >= 0.6 is 0 Å². The zero-order valence-corrected chi connectivity index (χ0v) is 11.4. The number of aryl methyl sites for hydroxylation is 1. The summed E-state index contributed by atoms with van der Waals surface area (Å²) in [6, 6.07) is 1.75. The molecule has 1 saturated heterocycles. The largest absolute Gasteiger partial charge is 0.480 e. The highest BCUT2D eigenvalue weighted by Gasteiger charge is 2.26. The third-order valence-corrected chi connectivity index (χ3v) is 3.53. The van der Waals surface area contributed by atoms with Crippen LogP contribution in [-0.2, 0) is 11.3 Å². The minimum absolute atomic E-state index is 0.154. The first-order valence-corrected chi connectivity index (χ1v) is 6.90. The van der Waals surface area contributed by atoms with E-state index < -0.39 is 5.97 Å². The van der Waals surface area contributed by atoms with Crippen molar-refractivity contribution in [1.29, 1.82) is 0 Å². The summed E-state index contributed by atoms with van der Waals surface area (Å²) in [7, 11) is 0. The molecule has 7 heteroatoms. The number of carboxylic acids is 1. The number of likely N-dealkylation sites (tertiary alicyclic amines) is 1. The molecule has 2 rings (SSSR count). The molecule has 110 valence electrons. The van der Waals surface area contributed by atoms with Gasteiger partial charge in [-0.15, -0.1) is 0 Å². The van der Waals surface area contributed by atoms with Crippen molar-refractivity contribution in [3.05, 3.63) is 18.5 Å². The topological polar surface area (TPSA) is 87.5 Å². The van der Waals surface area contributed by atoms with E-state index in [0.29, 0.717) is 6.54 Å². The van der Waals surface area contributed by atoms with Gasteiger partial charge < -0.3 is 15.3 Å². The second-order valence-electron chi connectivity index (χ2n) is 4.95. The van der Waals surface area contributed by atoms with Gasteiger partial charge in [0, 0.05) is 31.5 Å². The summed E-state index contributed by atoms with van der Waals surface area (Å²) >= 11 is 0. The summed E-state index contributed by atoms with van der Waals surface area (Å²) in [4.78, 5) is 24.3. The van der Waals surface area contributed by atoms with Crippen molar-refractivity contribution in [2.75, 3.05) is 13.1 Å². The Morgan fingerprint density at radius 1 is 1.40 bits per heavy atom. The van der Waals surface area contributed by atoms with Gasteiger partial charge in [0.1, 0.15) is 6.54 Å². The van der Waals surface area contributed by atoms with Crippen LogP contribution in [0.5, 0.6) is 0 Å². The molecular weight excluding hydrogens is 260 g/mol. The number of nitrogens with zero attached hydrogens (tertiary/aromatic N) is 3. The van der Waals surface area contributed by atoms with Gasteiger partial charge >= 0.3 is 12.0 Å². The summed E-state index contributed by atoms with van der Waals surface area (Å²) < 4.78 is 1.85. The second kappa shape index (κ2) is 6.93. The number of rotatable bonds is 5. The van der Waals surface area contributed by atoms with Crippen molar-refractivity contribution in [3.63, 3.8) is 0 Å². The smallest absolute Gasteiger partial charge is 0.323 e. The number of piperidine rings is 1. The summed E-state index contributed by atoms with van der Waals surface area (Å²) in [5.41, 5.74) is 0. The third kappa shape index (κ3) is 3.97. The molecule has 1 aromatic rings. The molecule has 1 aliphatic rings. The Balaban J connectivity index is 1.87. The van der Waals surface area contributed by atoms with Crippen molar-refractivity contribution in [2.24, 2.45) is 0 Å². The Hall–Kier alpha value is -2.05. The Kier molecular flexibility index (Phi) is 4.97. The molecule has 1 aromatic heterocycles. The SMILES string of the molecule is O=C(O)CNC(=O)N1CCCC[C@H]1CCn1cccn1. The molecule has 2 N–H and O–H groups in total. The molecule has 7 nitrogen and oxygen atoms in total. The van der Waals surface area contributed by atoms with E-state index in [1.807, 2.05) is 16.9 Å². The zero-order chi connectivity index (χ0) is 14.4. The average molecular weight is 280 g/mol. The molecule has 0 aliphatic carbocycles. The van der Waals surface area contributed by atoms with E-state index in [9.17, 15) is 9.59 Å². The van der Waals surface area contributed by atoms with E-state index in [-0.39, 0.29) is 18.6 Å². The van der Waals surface area contributed by atoms with E-state index >= 15 is 0 Å². The highest BCUT2D eigenvalue weighted by molar-refractivity contribution is 5.80. The minimum Gasteiger partial charge on any atom is -0.480 e. The van der Waals surface area contributed by atoms with Gasteiger partial charge in [-0.05, 0) is 31.7 Å². The molecular formula is C13H20N4O3. The fraction of sp³-hybridized carbons (Fsp3) is 0.615. The number of nitrogens with one attached hydrogen (secondary N) is 1. The summed E-state index contributed by atoms with van der Waals surface area (Å²) in [5, 5.41) is 15.2. The first kappa shape index (κ1) is 14.4. The van der Waals surface area contributed by atoms with Gasteiger partial charge in [0.05, 0.1) is 0 Å². The number of aliphatic carboxylic acids is 1. The quantitative estimate of drug-likeness (QED) is 0.839. The van der Waals surface area contributed by atoms with Gasteiger partial charge in [0.2, 0.25) is 0 Å². The van der Waals surface area contributed by atoms with Crippen LogP contribution in [0.15, 0.2) is 18.5 Å². The van der Waals surface area contributed by atoms with E-state index in [0.717, 1.165) is 32.2 Å². The van der Waals surface area contributed by atoms with Crippen molar-refractivity contribution >= 4 is 12.0 Å². The molecule has 2 amide bonds. The number of hydrogen-bond acceptors (Lipinski definition) is 3. The van der Waals surface area contributed by atoms with Gasteiger partial charge in [-0.2, -0.15) is 5.10 Å². The van der Waals surface area contributed by atoms with Gasteiger partial charge in [-0.1, -0.05) is 0 Å². The lowest BCUT2D eigenvalue weighted by molar-refractivity contribution is -0.135. The maximum Gasteiger partial charge on any atom is 0.323 e. The van der Waals surface area contributed by atoms with Gasteiger partial charge in [-0.3, -0.25) is 9.48 Å².